The number of hydrazine groups is 1. The molecule has 0 unspecified atom stereocenters. The molecular formula is C17H17N7O7. The predicted octanol–water partition coefficient (Wildman–Crippen LogP) is 1.79. The summed E-state index contributed by atoms with van der Waals surface area (Å²) < 4.78 is 0. The van der Waals surface area contributed by atoms with E-state index in [1.165, 1.54) is 30.3 Å². The van der Waals surface area contributed by atoms with E-state index in [9.17, 15) is 34.6 Å². The van der Waals surface area contributed by atoms with Crippen molar-refractivity contribution < 1.29 is 24.2 Å². The third kappa shape index (κ3) is 6.97. The van der Waals surface area contributed by atoms with Gasteiger partial charge in [0.05, 0.1) is 15.5 Å². The van der Waals surface area contributed by atoms with Crippen molar-refractivity contribution >= 4 is 40.7 Å². The minimum atomic E-state index is -0.863. The van der Waals surface area contributed by atoms with Gasteiger partial charge >= 0.3 is 12.1 Å². The minimum absolute atomic E-state index is 0.150. The van der Waals surface area contributed by atoms with Crippen LogP contribution in [0.5, 0.6) is 0 Å². The smallest absolute Gasteiger partial charge is 0.329 e. The van der Waals surface area contributed by atoms with Gasteiger partial charge in [0, 0.05) is 30.0 Å². The second-order valence-electron chi connectivity index (χ2n) is 6.00. The number of nitro benzene ring substituents is 2. The summed E-state index contributed by atoms with van der Waals surface area (Å²) in [5.41, 5.74) is 4.52. The molecule has 0 radical (unpaired) electrons. The van der Waals surface area contributed by atoms with Gasteiger partial charge in [-0.25, -0.2) is 15.0 Å². The number of rotatable bonds is 6. The van der Waals surface area contributed by atoms with Gasteiger partial charge in [0.2, 0.25) is 0 Å². The number of nitro groups is 2. The van der Waals surface area contributed by atoms with Gasteiger partial charge in [-0.3, -0.25) is 30.4 Å². The monoisotopic (exact) mass is 431 g/mol. The van der Waals surface area contributed by atoms with Crippen LogP contribution in [0.1, 0.15) is 5.56 Å². The highest BCUT2D eigenvalue weighted by molar-refractivity contribution is 5.94. The Morgan fingerprint density at radius 2 is 1.55 bits per heavy atom. The van der Waals surface area contributed by atoms with Crippen molar-refractivity contribution in [3.8, 4) is 0 Å². The first-order valence-corrected chi connectivity index (χ1v) is 8.56. The first kappa shape index (κ1) is 22.5. The highest BCUT2D eigenvalue weighted by Crippen LogP contribution is 2.21. The molecule has 0 atom stereocenters. The lowest BCUT2D eigenvalue weighted by atomic mass is 10.2. The van der Waals surface area contributed by atoms with Crippen LogP contribution >= 0.6 is 0 Å². The Morgan fingerprint density at radius 3 is 2.23 bits per heavy atom. The summed E-state index contributed by atoms with van der Waals surface area (Å²) >= 11 is 0. The fourth-order valence-electron chi connectivity index (χ4n) is 2.22. The molecule has 0 heterocycles. The van der Waals surface area contributed by atoms with Crippen molar-refractivity contribution in [2.45, 2.75) is 6.92 Å². The normalized spacial score (nSPS) is 9.84. The minimum Gasteiger partial charge on any atom is -0.329 e. The molecule has 0 saturated heterocycles. The maximum Gasteiger partial charge on any atom is 0.337 e. The lowest BCUT2D eigenvalue weighted by Crippen LogP contribution is -2.48. The Kier molecular flexibility index (Phi) is 7.38. The highest BCUT2D eigenvalue weighted by atomic mass is 16.6. The van der Waals surface area contributed by atoms with E-state index in [-0.39, 0.29) is 22.7 Å². The zero-order valence-electron chi connectivity index (χ0n) is 16.0. The number of aryl methyl sites for hydroxylation is 1. The summed E-state index contributed by atoms with van der Waals surface area (Å²) in [5.74, 6) is -0.778. The molecule has 0 fully saturated rings. The number of nitrogens with one attached hydrogen (secondary N) is 5. The number of urea groups is 2. The number of hydrogen-bond acceptors (Lipinski definition) is 7. The number of hydrogen-bond donors (Lipinski definition) is 5. The molecule has 0 bridgehead atoms. The average molecular weight is 431 g/mol. The van der Waals surface area contributed by atoms with Gasteiger partial charge in [-0.2, -0.15) is 0 Å². The van der Waals surface area contributed by atoms with E-state index in [1.807, 2.05) is 10.9 Å². The topological polar surface area (TPSA) is 198 Å². The Bertz CT molecular complexity index is 1040. The summed E-state index contributed by atoms with van der Waals surface area (Å²) in [6, 6.07) is 7.44. The van der Waals surface area contributed by atoms with E-state index >= 15 is 0 Å². The highest BCUT2D eigenvalue weighted by Gasteiger charge is 2.12. The molecule has 0 saturated carbocycles. The first-order chi connectivity index (χ1) is 14.7. The molecule has 0 aliphatic rings. The second-order valence-corrected chi connectivity index (χ2v) is 6.00. The van der Waals surface area contributed by atoms with E-state index in [2.05, 4.69) is 16.0 Å². The number of amides is 5. The number of nitrogens with zero attached hydrogens (tertiary/aromatic N) is 2. The van der Waals surface area contributed by atoms with Crippen LogP contribution in [-0.4, -0.2) is 34.4 Å². The summed E-state index contributed by atoms with van der Waals surface area (Å²) in [7, 11) is 0. The molecule has 2 aromatic carbocycles. The molecule has 5 amide bonds. The van der Waals surface area contributed by atoms with Gasteiger partial charge in [-0.05, 0) is 18.6 Å². The Balaban J connectivity index is 1.78. The van der Waals surface area contributed by atoms with Crippen LogP contribution in [-0.2, 0) is 4.79 Å². The molecule has 14 nitrogen and oxygen atoms in total. The molecule has 2 aromatic rings. The lowest BCUT2D eigenvalue weighted by Gasteiger charge is -2.11. The van der Waals surface area contributed by atoms with E-state index in [4.69, 9.17) is 0 Å². The van der Waals surface area contributed by atoms with Crippen LogP contribution in [0, 0.1) is 27.2 Å². The zero-order valence-corrected chi connectivity index (χ0v) is 16.0. The van der Waals surface area contributed by atoms with Gasteiger partial charge in [0.25, 0.3) is 17.3 Å². The maximum absolute atomic E-state index is 11.9. The molecule has 14 heteroatoms. The fourth-order valence-corrected chi connectivity index (χ4v) is 2.22. The number of carbonyl (C=O) groups is 3. The Morgan fingerprint density at radius 1 is 0.871 bits per heavy atom. The van der Waals surface area contributed by atoms with Gasteiger partial charge in [0.1, 0.15) is 6.54 Å². The SMILES string of the molecule is Cc1ccc([N+](=O)[O-])cc1NC(=O)NNC(=O)CNC(=O)Nc1cccc([N+](=O)[O-])c1. The van der Waals surface area contributed by atoms with Crippen molar-refractivity contribution in [2.75, 3.05) is 17.2 Å². The number of benzene rings is 2. The van der Waals surface area contributed by atoms with Crippen molar-refractivity contribution in [1.82, 2.24) is 16.2 Å². The van der Waals surface area contributed by atoms with Gasteiger partial charge in [-0.15, -0.1) is 0 Å². The summed E-state index contributed by atoms with van der Waals surface area (Å²) in [4.78, 5) is 55.6. The van der Waals surface area contributed by atoms with Gasteiger partial charge < -0.3 is 16.0 Å². The van der Waals surface area contributed by atoms with Crippen LogP contribution in [0.2, 0.25) is 0 Å². The van der Waals surface area contributed by atoms with Crippen molar-refractivity contribution in [3.05, 3.63) is 68.3 Å². The van der Waals surface area contributed by atoms with Crippen molar-refractivity contribution in [1.29, 1.82) is 0 Å². The molecule has 0 aliphatic carbocycles. The Labute approximate surface area is 174 Å². The maximum atomic E-state index is 11.9. The predicted molar refractivity (Wildman–Crippen MR) is 108 cm³/mol. The summed E-state index contributed by atoms with van der Waals surface area (Å²) in [5, 5.41) is 28.4. The third-order valence-corrected chi connectivity index (χ3v) is 3.72. The van der Waals surface area contributed by atoms with E-state index < -0.39 is 34.4 Å². The molecule has 2 rings (SSSR count). The molecule has 0 aromatic heterocycles. The van der Waals surface area contributed by atoms with Crippen LogP contribution in [0.3, 0.4) is 0 Å². The number of non-ortho nitro benzene ring substituents is 2. The van der Waals surface area contributed by atoms with Crippen molar-refractivity contribution in [2.24, 2.45) is 0 Å². The van der Waals surface area contributed by atoms with Crippen LogP contribution in [0.4, 0.5) is 32.3 Å². The molecule has 162 valence electrons. The quantitative estimate of drug-likeness (QED) is 0.339. The molecule has 0 spiro atoms. The van der Waals surface area contributed by atoms with Crippen molar-refractivity contribution in [3.63, 3.8) is 0 Å². The Hall–Kier alpha value is -4.75. The summed E-state index contributed by atoms with van der Waals surface area (Å²) in [6.45, 7) is 1.11. The molecule has 31 heavy (non-hydrogen) atoms. The van der Waals surface area contributed by atoms with Gasteiger partial charge in [-0.1, -0.05) is 12.1 Å². The van der Waals surface area contributed by atoms with E-state index in [0.717, 1.165) is 12.1 Å². The second kappa shape index (κ2) is 10.1. The standard InChI is InChI=1S/C17H17N7O7/c1-10-5-6-13(24(30)31)8-14(10)20-17(27)22-21-15(25)9-18-16(26)19-11-3-2-4-12(7-11)23(28)29/h2-8H,9H2,1H3,(H,21,25)(H2,18,19,26)(H2,20,22,27). The van der Waals surface area contributed by atoms with Crippen LogP contribution < -0.4 is 26.8 Å². The number of carbonyl (C=O) groups excluding carboxylic acids is 3. The average Bonchev–Trinajstić information content (AvgIpc) is 2.72. The van der Waals surface area contributed by atoms with Gasteiger partial charge in [0.15, 0.2) is 0 Å². The summed E-state index contributed by atoms with van der Waals surface area (Å²) in [6.07, 6.45) is 0. The molecule has 5 N–H and O–H groups in total. The van der Waals surface area contributed by atoms with E-state index in [0.29, 0.717) is 5.56 Å². The fraction of sp³-hybridized carbons (Fsp3) is 0.118. The third-order valence-electron chi connectivity index (χ3n) is 3.72. The number of anilines is 2. The van der Waals surface area contributed by atoms with Crippen LogP contribution in [0.15, 0.2) is 42.5 Å². The molecular weight excluding hydrogens is 414 g/mol. The molecule has 0 aliphatic heterocycles. The first-order valence-electron chi connectivity index (χ1n) is 8.56. The zero-order chi connectivity index (χ0) is 23.0. The van der Waals surface area contributed by atoms with Crippen LogP contribution in [0.25, 0.3) is 0 Å². The lowest BCUT2D eigenvalue weighted by molar-refractivity contribution is -0.385. The van der Waals surface area contributed by atoms with E-state index in [1.54, 1.807) is 6.92 Å². The largest absolute Gasteiger partial charge is 0.337 e.